The third-order valence-electron chi connectivity index (χ3n) is 7.76. The number of anilines is 2. The number of carbonyl (C=O) groups is 2. The highest BCUT2D eigenvalue weighted by molar-refractivity contribution is 5.98. The highest BCUT2D eigenvalue weighted by Gasteiger charge is 2.39. The van der Waals surface area contributed by atoms with Crippen molar-refractivity contribution in [2.24, 2.45) is 0 Å². The van der Waals surface area contributed by atoms with Crippen molar-refractivity contribution in [1.82, 2.24) is 39.7 Å². The lowest BCUT2D eigenvalue weighted by Gasteiger charge is -2.40. The standard InChI is InChI=1S/C29H31F3N10O3/c1-3-18-14-19(4-5-20(18)27(44)37-16-23(43)40(2)28(45)6-9-34-10-7-28)38-25-26-36-15-22(42(26)13-11-35-25)21-17-41(12-8-33)39-24(21)29(30,31)32/h4-5,11,13-15,17,34,45H,3,6-7,9-10,12,16H2,1-2H3,(H,35,38)(H,37,44). The molecule has 0 aliphatic carbocycles. The van der Waals surface area contributed by atoms with Gasteiger partial charge in [0.05, 0.1) is 30.1 Å². The Balaban J connectivity index is 1.34. The highest BCUT2D eigenvalue weighted by atomic mass is 19.4. The summed E-state index contributed by atoms with van der Waals surface area (Å²) in [7, 11) is 1.52. The number of aromatic nitrogens is 5. The second-order valence-corrected chi connectivity index (χ2v) is 10.6. The van der Waals surface area contributed by atoms with Crippen molar-refractivity contribution in [3.63, 3.8) is 0 Å². The molecule has 0 saturated carbocycles. The van der Waals surface area contributed by atoms with Crippen LogP contribution in [0.4, 0.5) is 24.7 Å². The maximum Gasteiger partial charge on any atom is 0.435 e. The van der Waals surface area contributed by atoms with Gasteiger partial charge in [-0.3, -0.25) is 18.7 Å². The summed E-state index contributed by atoms with van der Waals surface area (Å²) in [5.41, 5.74) is -0.694. The van der Waals surface area contributed by atoms with Crippen LogP contribution in [-0.2, 0) is 23.9 Å². The summed E-state index contributed by atoms with van der Waals surface area (Å²) in [6, 6.07) is 6.76. The number of rotatable bonds is 9. The zero-order chi connectivity index (χ0) is 32.4. The molecule has 0 spiro atoms. The van der Waals surface area contributed by atoms with Crippen LogP contribution in [0.2, 0.25) is 0 Å². The number of fused-ring (bicyclic) bond motifs is 1. The van der Waals surface area contributed by atoms with E-state index in [0.29, 0.717) is 49.2 Å². The van der Waals surface area contributed by atoms with E-state index in [4.69, 9.17) is 5.26 Å². The van der Waals surface area contributed by atoms with E-state index >= 15 is 0 Å². The fourth-order valence-electron chi connectivity index (χ4n) is 5.26. The van der Waals surface area contributed by atoms with E-state index in [1.807, 2.05) is 6.92 Å². The van der Waals surface area contributed by atoms with Crippen LogP contribution < -0.4 is 16.0 Å². The number of carbonyl (C=O) groups excluding carboxylic acids is 2. The molecule has 0 atom stereocenters. The zero-order valence-corrected chi connectivity index (χ0v) is 24.5. The highest BCUT2D eigenvalue weighted by Crippen LogP contribution is 2.37. The molecule has 4 heterocycles. The minimum Gasteiger partial charge on any atom is -0.371 e. The van der Waals surface area contributed by atoms with Gasteiger partial charge in [0.1, 0.15) is 12.3 Å². The molecule has 0 bridgehead atoms. The summed E-state index contributed by atoms with van der Waals surface area (Å²) < 4.78 is 43.7. The number of nitrogens with zero attached hydrogens (tertiary/aromatic N) is 7. The first-order chi connectivity index (χ1) is 21.4. The largest absolute Gasteiger partial charge is 0.435 e. The molecular weight excluding hydrogens is 593 g/mol. The number of hydrogen-bond donors (Lipinski definition) is 4. The first kappa shape index (κ1) is 31.4. The van der Waals surface area contributed by atoms with E-state index in [2.05, 4.69) is 31.0 Å². The molecule has 4 N–H and O–H groups in total. The van der Waals surface area contributed by atoms with Gasteiger partial charge in [0.25, 0.3) is 5.91 Å². The van der Waals surface area contributed by atoms with Crippen LogP contribution in [0.3, 0.4) is 0 Å². The van der Waals surface area contributed by atoms with Gasteiger partial charge in [-0.2, -0.15) is 23.5 Å². The molecule has 4 aromatic rings. The average Bonchev–Trinajstić information content (AvgIpc) is 3.65. The second-order valence-electron chi connectivity index (χ2n) is 10.6. The molecule has 1 aliphatic heterocycles. The Hall–Kier alpha value is -5.01. The maximum absolute atomic E-state index is 13.8. The lowest BCUT2D eigenvalue weighted by Crippen LogP contribution is -2.56. The SMILES string of the molecule is CCc1cc(Nc2nccn3c(-c4cn(CC#N)nc4C(F)(F)F)cnc23)ccc1C(=O)NCC(=O)N(C)C1(O)CCNCC1. The van der Waals surface area contributed by atoms with E-state index in [-0.39, 0.29) is 35.8 Å². The molecule has 16 heteroatoms. The van der Waals surface area contributed by atoms with Crippen LogP contribution in [0.1, 0.15) is 41.4 Å². The molecule has 1 fully saturated rings. The van der Waals surface area contributed by atoms with E-state index in [1.165, 1.54) is 34.9 Å². The summed E-state index contributed by atoms with van der Waals surface area (Å²) in [6.45, 7) is 2.40. The fraction of sp³-hybridized carbons (Fsp3) is 0.379. The first-order valence-corrected chi connectivity index (χ1v) is 14.2. The molecule has 1 aliphatic rings. The number of benzene rings is 1. The van der Waals surface area contributed by atoms with Gasteiger partial charge in [0.15, 0.2) is 17.2 Å². The van der Waals surface area contributed by atoms with Gasteiger partial charge in [0.2, 0.25) is 5.91 Å². The molecule has 3 aromatic heterocycles. The van der Waals surface area contributed by atoms with Gasteiger partial charge in [-0.25, -0.2) is 9.97 Å². The normalized spacial score (nSPS) is 14.6. The van der Waals surface area contributed by atoms with Gasteiger partial charge in [-0.1, -0.05) is 6.92 Å². The van der Waals surface area contributed by atoms with Gasteiger partial charge >= 0.3 is 6.18 Å². The van der Waals surface area contributed by atoms with Gasteiger partial charge in [0, 0.05) is 49.7 Å². The Morgan fingerprint density at radius 3 is 2.69 bits per heavy atom. The van der Waals surface area contributed by atoms with E-state index < -0.39 is 29.4 Å². The molecule has 1 saturated heterocycles. The monoisotopic (exact) mass is 624 g/mol. The molecule has 236 valence electrons. The van der Waals surface area contributed by atoms with Gasteiger partial charge in [-0.05, 0) is 43.3 Å². The van der Waals surface area contributed by atoms with Gasteiger partial charge in [-0.15, -0.1) is 0 Å². The van der Waals surface area contributed by atoms with Crippen molar-refractivity contribution >= 4 is 29.0 Å². The number of nitriles is 1. The number of halogens is 3. The molecule has 5 rings (SSSR count). The Morgan fingerprint density at radius 1 is 1.24 bits per heavy atom. The predicted molar refractivity (Wildman–Crippen MR) is 156 cm³/mol. The summed E-state index contributed by atoms with van der Waals surface area (Å²) in [6.07, 6.45) is 1.82. The van der Waals surface area contributed by atoms with Crippen LogP contribution in [0.5, 0.6) is 0 Å². The van der Waals surface area contributed by atoms with E-state index in [0.717, 1.165) is 10.9 Å². The number of nitrogens with one attached hydrogen (secondary N) is 3. The smallest absolute Gasteiger partial charge is 0.371 e. The topological polar surface area (TPSA) is 166 Å². The number of aliphatic hydroxyl groups is 1. The number of alkyl halides is 3. The minimum atomic E-state index is -4.75. The summed E-state index contributed by atoms with van der Waals surface area (Å²) in [4.78, 5) is 35.6. The fourth-order valence-corrected chi connectivity index (χ4v) is 5.26. The Labute approximate surface area is 255 Å². The van der Waals surface area contributed by atoms with Crippen molar-refractivity contribution in [2.75, 3.05) is 32.0 Å². The van der Waals surface area contributed by atoms with Crippen LogP contribution >= 0.6 is 0 Å². The minimum absolute atomic E-state index is 0.112. The molecule has 1 aromatic carbocycles. The summed E-state index contributed by atoms with van der Waals surface area (Å²) in [5, 5.41) is 32.2. The van der Waals surface area contributed by atoms with Crippen LogP contribution in [0.25, 0.3) is 16.9 Å². The second kappa shape index (κ2) is 12.5. The van der Waals surface area contributed by atoms with E-state index in [9.17, 15) is 27.9 Å². The van der Waals surface area contributed by atoms with Crippen molar-refractivity contribution in [1.29, 1.82) is 5.26 Å². The van der Waals surface area contributed by atoms with Crippen LogP contribution in [0, 0.1) is 11.3 Å². The third-order valence-corrected chi connectivity index (χ3v) is 7.76. The number of likely N-dealkylation sites (N-methyl/N-ethyl adjacent to an activating group) is 1. The number of aryl methyl sites for hydroxylation is 1. The molecular formula is C29H31F3N10O3. The molecule has 13 nitrogen and oxygen atoms in total. The lowest BCUT2D eigenvalue weighted by molar-refractivity contribution is -0.159. The number of imidazole rings is 1. The van der Waals surface area contributed by atoms with Crippen molar-refractivity contribution < 1.29 is 27.9 Å². The van der Waals surface area contributed by atoms with Crippen LogP contribution in [0.15, 0.2) is 43.0 Å². The summed E-state index contributed by atoms with van der Waals surface area (Å²) in [5.74, 6) is -0.611. The first-order valence-electron chi connectivity index (χ1n) is 14.2. The summed E-state index contributed by atoms with van der Waals surface area (Å²) >= 11 is 0. The molecule has 45 heavy (non-hydrogen) atoms. The average molecular weight is 625 g/mol. The maximum atomic E-state index is 13.8. The number of piperidine rings is 1. The van der Waals surface area contributed by atoms with Crippen molar-refractivity contribution in [2.45, 2.75) is 44.6 Å². The molecule has 2 amide bonds. The third kappa shape index (κ3) is 6.44. The van der Waals surface area contributed by atoms with Gasteiger partial charge < -0.3 is 26.0 Å². The molecule has 0 radical (unpaired) electrons. The van der Waals surface area contributed by atoms with Crippen molar-refractivity contribution in [3.05, 3.63) is 59.8 Å². The zero-order valence-electron chi connectivity index (χ0n) is 24.5. The number of amides is 2. The quantitative estimate of drug-likeness (QED) is 0.205. The van der Waals surface area contributed by atoms with E-state index in [1.54, 1.807) is 24.3 Å². The lowest BCUT2D eigenvalue weighted by atomic mass is 10.0. The molecule has 0 unspecified atom stereocenters. The Morgan fingerprint density at radius 2 is 2.00 bits per heavy atom. The predicted octanol–water partition coefficient (Wildman–Crippen LogP) is 2.70. The van der Waals surface area contributed by atoms with Crippen molar-refractivity contribution in [3.8, 4) is 17.3 Å². The number of hydrogen-bond acceptors (Lipinski definition) is 9. The Kier molecular flexibility index (Phi) is 8.75. The van der Waals surface area contributed by atoms with Crippen LogP contribution in [-0.4, -0.2) is 78.4 Å². The Bertz CT molecular complexity index is 1770.